The van der Waals surface area contributed by atoms with E-state index in [-0.39, 0.29) is 31.2 Å². The van der Waals surface area contributed by atoms with Crippen LogP contribution in [0, 0.1) is 5.92 Å². The van der Waals surface area contributed by atoms with Gasteiger partial charge in [0, 0.05) is 31.1 Å². The number of carbonyl (C=O) groups is 2. The van der Waals surface area contributed by atoms with Crippen molar-refractivity contribution < 1.29 is 28.9 Å². The summed E-state index contributed by atoms with van der Waals surface area (Å²) in [5, 5.41) is 10.4. The summed E-state index contributed by atoms with van der Waals surface area (Å²) in [5.74, 6) is 0.0347. The van der Waals surface area contributed by atoms with E-state index in [4.69, 9.17) is 14.2 Å². The van der Waals surface area contributed by atoms with Gasteiger partial charge in [0.05, 0.1) is 19.6 Å². The molecule has 0 radical (unpaired) electrons. The van der Waals surface area contributed by atoms with E-state index in [9.17, 15) is 14.7 Å². The van der Waals surface area contributed by atoms with E-state index >= 15 is 0 Å². The molecule has 0 aromatic heterocycles. The van der Waals surface area contributed by atoms with Gasteiger partial charge in [0.1, 0.15) is 5.75 Å². The van der Waals surface area contributed by atoms with Gasteiger partial charge in [-0.2, -0.15) is 0 Å². The van der Waals surface area contributed by atoms with E-state index < -0.39 is 17.9 Å². The first-order valence-corrected chi connectivity index (χ1v) is 12.2. The Hall–Kier alpha value is -3.26. The number of nitrogens with zero attached hydrogens (tertiary/aromatic N) is 2. The lowest BCUT2D eigenvalue weighted by molar-refractivity contribution is -0.144. The Morgan fingerprint density at radius 1 is 1.11 bits per heavy atom. The highest BCUT2D eigenvalue weighted by molar-refractivity contribution is 5.79. The molecule has 2 aromatic rings. The topological polar surface area (TPSA) is 88.5 Å². The molecule has 1 saturated heterocycles. The summed E-state index contributed by atoms with van der Waals surface area (Å²) in [6.07, 6.45) is 0.860. The van der Waals surface area contributed by atoms with Gasteiger partial charge in [-0.05, 0) is 55.7 Å². The van der Waals surface area contributed by atoms with E-state index in [0.717, 1.165) is 17.5 Å². The third-order valence-corrected chi connectivity index (χ3v) is 7.29. The van der Waals surface area contributed by atoms with Gasteiger partial charge < -0.3 is 24.2 Å². The van der Waals surface area contributed by atoms with Gasteiger partial charge in [0.2, 0.25) is 12.7 Å². The van der Waals surface area contributed by atoms with Crippen molar-refractivity contribution in [3.05, 3.63) is 53.6 Å². The highest BCUT2D eigenvalue weighted by Crippen LogP contribution is 2.47. The molecule has 8 nitrogen and oxygen atoms in total. The minimum absolute atomic E-state index is 0.0100. The van der Waals surface area contributed by atoms with E-state index in [1.807, 2.05) is 66.1 Å². The zero-order valence-electron chi connectivity index (χ0n) is 20.8. The third-order valence-electron chi connectivity index (χ3n) is 7.29. The maximum Gasteiger partial charge on any atom is 0.309 e. The number of carbonyl (C=O) groups excluding carboxylic acids is 1. The molecule has 1 N–H and O–H groups in total. The van der Waals surface area contributed by atoms with Crippen molar-refractivity contribution in [1.82, 2.24) is 9.80 Å². The summed E-state index contributed by atoms with van der Waals surface area (Å²) >= 11 is 0. The fourth-order valence-corrected chi connectivity index (χ4v) is 5.29. The molecule has 0 spiro atoms. The number of amides is 1. The monoisotopic (exact) mass is 482 g/mol. The number of methoxy groups -OCH3 is 1. The second-order valence-electron chi connectivity index (χ2n) is 9.17. The van der Waals surface area contributed by atoms with Crippen molar-refractivity contribution in [3.8, 4) is 17.2 Å². The summed E-state index contributed by atoms with van der Waals surface area (Å²) < 4.78 is 16.3. The van der Waals surface area contributed by atoms with Crippen LogP contribution in [0.25, 0.3) is 0 Å². The van der Waals surface area contributed by atoms with E-state index in [1.54, 1.807) is 7.11 Å². The van der Waals surface area contributed by atoms with Crippen LogP contribution >= 0.6 is 0 Å². The number of aliphatic carboxylic acids is 1. The number of hydrogen-bond acceptors (Lipinski definition) is 6. The SMILES string of the molecule is CCC(C)N(CC)C(=O)CN1C[C@H](c2ccc3c(c2)OCO3)[C@H](C(=O)O)[C@H]1c1ccc(OC)cc1. The molecule has 4 rings (SSSR count). The first-order valence-electron chi connectivity index (χ1n) is 12.2. The molecule has 35 heavy (non-hydrogen) atoms. The summed E-state index contributed by atoms with van der Waals surface area (Å²) in [5.41, 5.74) is 1.71. The van der Waals surface area contributed by atoms with Gasteiger partial charge in [-0.3, -0.25) is 14.5 Å². The molecule has 2 heterocycles. The second-order valence-corrected chi connectivity index (χ2v) is 9.17. The minimum Gasteiger partial charge on any atom is -0.497 e. The van der Waals surface area contributed by atoms with Crippen LogP contribution in [0.1, 0.15) is 50.3 Å². The number of hydrogen-bond donors (Lipinski definition) is 1. The Bertz CT molecular complexity index is 1060. The first kappa shape index (κ1) is 24.9. The molecule has 188 valence electrons. The van der Waals surface area contributed by atoms with Crippen molar-refractivity contribution in [1.29, 1.82) is 0 Å². The maximum atomic E-state index is 13.4. The van der Waals surface area contributed by atoms with Crippen LogP contribution in [0.4, 0.5) is 0 Å². The third kappa shape index (κ3) is 4.93. The molecule has 0 bridgehead atoms. The van der Waals surface area contributed by atoms with Crippen molar-refractivity contribution in [3.63, 3.8) is 0 Å². The largest absolute Gasteiger partial charge is 0.497 e. The Kier molecular flexibility index (Phi) is 7.50. The highest BCUT2D eigenvalue weighted by Gasteiger charge is 2.48. The van der Waals surface area contributed by atoms with Crippen LogP contribution in [0.3, 0.4) is 0 Å². The van der Waals surface area contributed by atoms with E-state index in [1.165, 1.54) is 0 Å². The van der Waals surface area contributed by atoms with Crippen LogP contribution < -0.4 is 14.2 Å². The molecule has 1 unspecified atom stereocenters. The average molecular weight is 483 g/mol. The number of fused-ring (bicyclic) bond motifs is 1. The van der Waals surface area contributed by atoms with Gasteiger partial charge in [-0.15, -0.1) is 0 Å². The fraction of sp³-hybridized carbons (Fsp3) is 0.481. The number of rotatable bonds is 9. The summed E-state index contributed by atoms with van der Waals surface area (Å²) in [6, 6.07) is 12.7. The summed E-state index contributed by atoms with van der Waals surface area (Å²) in [6.45, 7) is 7.45. The molecule has 2 aromatic carbocycles. The van der Waals surface area contributed by atoms with Crippen molar-refractivity contribution in [2.45, 2.75) is 45.2 Å². The van der Waals surface area contributed by atoms with Crippen LogP contribution in [-0.4, -0.2) is 66.4 Å². The first-order chi connectivity index (χ1) is 16.9. The molecule has 2 aliphatic heterocycles. The molecule has 0 aliphatic carbocycles. The normalized spacial score (nSPS) is 22.1. The zero-order chi connectivity index (χ0) is 25.1. The second kappa shape index (κ2) is 10.6. The predicted molar refractivity (Wildman–Crippen MR) is 131 cm³/mol. The van der Waals surface area contributed by atoms with Crippen molar-refractivity contribution in [2.24, 2.45) is 5.92 Å². The lowest BCUT2D eigenvalue weighted by Crippen LogP contribution is -2.44. The fourth-order valence-electron chi connectivity index (χ4n) is 5.29. The summed E-state index contributed by atoms with van der Waals surface area (Å²) in [4.78, 5) is 29.9. The average Bonchev–Trinajstić information content (AvgIpc) is 3.48. The Balaban J connectivity index is 1.71. The van der Waals surface area contributed by atoms with Crippen LogP contribution in [0.15, 0.2) is 42.5 Å². The number of ether oxygens (including phenoxy) is 3. The Labute approximate surface area is 206 Å². The van der Waals surface area contributed by atoms with Gasteiger partial charge >= 0.3 is 5.97 Å². The Morgan fingerprint density at radius 3 is 2.43 bits per heavy atom. The van der Waals surface area contributed by atoms with Gasteiger partial charge in [-0.25, -0.2) is 0 Å². The predicted octanol–water partition coefficient (Wildman–Crippen LogP) is 3.91. The van der Waals surface area contributed by atoms with Crippen LogP contribution in [0.2, 0.25) is 0 Å². The number of carboxylic acids is 1. The van der Waals surface area contributed by atoms with E-state index in [2.05, 4.69) is 6.92 Å². The molecular weight excluding hydrogens is 448 g/mol. The molecule has 1 amide bonds. The minimum atomic E-state index is -0.891. The van der Waals surface area contributed by atoms with Crippen LogP contribution in [-0.2, 0) is 9.59 Å². The van der Waals surface area contributed by atoms with Crippen molar-refractivity contribution >= 4 is 11.9 Å². The van der Waals surface area contributed by atoms with Gasteiger partial charge in [0.25, 0.3) is 0 Å². The molecule has 2 aliphatic rings. The van der Waals surface area contributed by atoms with Gasteiger partial charge in [0.15, 0.2) is 11.5 Å². The molecule has 4 atom stereocenters. The van der Waals surface area contributed by atoms with E-state index in [0.29, 0.717) is 30.3 Å². The van der Waals surface area contributed by atoms with Crippen LogP contribution in [0.5, 0.6) is 17.2 Å². The lowest BCUT2D eigenvalue weighted by atomic mass is 9.82. The highest BCUT2D eigenvalue weighted by atomic mass is 16.7. The van der Waals surface area contributed by atoms with Crippen molar-refractivity contribution in [2.75, 3.05) is 33.5 Å². The smallest absolute Gasteiger partial charge is 0.309 e. The number of benzene rings is 2. The quantitative estimate of drug-likeness (QED) is 0.580. The molecule has 1 fully saturated rings. The number of carboxylic acid groups (broad SMARTS) is 1. The van der Waals surface area contributed by atoms with Gasteiger partial charge in [-0.1, -0.05) is 25.1 Å². The number of likely N-dealkylation sites (tertiary alicyclic amines) is 1. The summed E-state index contributed by atoms with van der Waals surface area (Å²) in [7, 11) is 1.60. The zero-order valence-corrected chi connectivity index (χ0v) is 20.8. The number of likely N-dealkylation sites (N-methyl/N-ethyl adjacent to an activating group) is 1. The maximum absolute atomic E-state index is 13.4. The standard InChI is InChI=1S/C27H34N2O6/c1-5-17(3)29(6-2)24(30)15-28-14-21(19-9-12-22-23(13-19)35-16-34-22)25(27(31)32)26(28)18-7-10-20(33-4)11-8-18/h7-13,17,21,25-26H,5-6,14-16H2,1-4H3,(H,31,32)/t17?,21-,25+,26-/m1/s1. The Morgan fingerprint density at radius 2 is 1.80 bits per heavy atom. The molecular formula is C27H34N2O6. The molecule has 0 saturated carbocycles. The molecule has 8 heteroatoms. The lowest BCUT2D eigenvalue weighted by Gasteiger charge is -2.32.